The lowest BCUT2D eigenvalue weighted by Gasteiger charge is -2.58. The van der Waals surface area contributed by atoms with Gasteiger partial charge in [0, 0.05) is 19.3 Å². The Bertz CT molecular complexity index is 796. The van der Waals surface area contributed by atoms with E-state index in [1.54, 1.807) is 5.57 Å². The van der Waals surface area contributed by atoms with E-state index in [0.29, 0.717) is 23.7 Å². The molecule has 0 N–H and O–H groups in total. The summed E-state index contributed by atoms with van der Waals surface area (Å²) in [6.45, 7) is 15.8. The Kier molecular flexibility index (Phi) is 6.93. The summed E-state index contributed by atoms with van der Waals surface area (Å²) in [5.41, 5.74) is 2.09. The predicted octanol–water partition coefficient (Wildman–Crippen LogP) is 7.38. The lowest BCUT2D eigenvalue weighted by Crippen LogP contribution is -2.52. The Morgan fingerprint density at radius 2 is 1.70 bits per heavy atom. The number of fused-ring (bicyclic) bond motifs is 5. The molecular weight excluding hydrogens is 408 g/mol. The van der Waals surface area contributed by atoms with Gasteiger partial charge in [0.1, 0.15) is 0 Å². The first kappa shape index (κ1) is 25.0. The predicted molar refractivity (Wildman–Crippen MR) is 134 cm³/mol. The van der Waals surface area contributed by atoms with E-state index in [1.807, 2.05) is 0 Å². The van der Waals surface area contributed by atoms with Gasteiger partial charge in [-0.05, 0) is 105 Å². The summed E-state index contributed by atoms with van der Waals surface area (Å²) in [7, 11) is 0. The fraction of sp³-hybridized carbons (Fsp3) is 0.867. The number of rotatable bonds is 6. The Labute approximate surface area is 202 Å². The van der Waals surface area contributed by atoms with Crippen molar-refractivity contribution in [3.05, 3.63) is 11.6 Å². The van der Waals surface area contributed by atoms with Crippen LogP contribution in [0.2, 0.25) is 0 Å². The lowest BCUT2D eigenvalue weighted by atomic mass is 9.47. The average molecular weight is 457 g/mol. The molecular formula is C30H48O3. The van der Waals surface area contributed by atoms with Crippen LogP contribution in [0.15, 0.2) is 11.6 Å². The van der Waals surface area contributed by atoms with Gasteiger partial charge in [0.2, 0.25) is 0 Å². The molecule has 186 valence electrons. The number of carbonyl (C=O) groups is 2. The molecule has 4 saturated carbocycles. The molecule has 0 amide bonds. The number of Topliss-reactive ketones (excluding diaryl/α,β-unsaturated/α-hetero) is 1. The van der Waals surface area contributed by atoms with Gasteiger partial charge in [-0.3, -0.25) is 9.59 Å². The van der Waals surface area contributed by atoms with Crippen molar-refractivity contribution in [3.63, 3.8) is 0 Å². The van der Waals surface area contributed by atoms with E-state index < -0.39 is 6.10 Å². The second-order valence-electron chi connectivity index (χ2n) is 13.0. The smallest absolute Gasteiger partial charge is 0.303 e. The first-order valence-electron chi connectivity index (χ1n) is 13.9. The van der Waals surface area contributed by atoms with Crippen molar-refractivity contribution in [1.29, 1.82) is 0 Å². The molecule has 0 spiro atoms. The van der Waals surface area contributed by atoms with E-state index in [-0.39, 0.29) is 23.1 Å². The maximum atomic E-state index is 12.9. The molecule has 4 rings (SSSR count). The van der Waals surface area contributed by atoms with E-state index in [0.717, 1.165) is 30.1 Å². The number of ketones is 1. The van der Waals surface area contributed by atoms with Crippen LogP contribution in [0.25, 0.3) is 0 Å². The van der Waals surface area contributed by atoms with Crippen LogP contribution in [0.1, 0.15) is 106 Å². The number of hydrogen-bond acceptors (Lipinski definition) is 3. The average Bonchev–Trinajstić information content (AvgIpc) is 3.21. The fourth-order valence-corrected chi connectivity index (χ4v) is 9.61. The maximum absolute atomic E-state index is 12.9. The second-order valence-corrected chi connectivity index (χ2v) is 13.0. The van der Waals surface area contributed by atoms with Crippen molar-refractivity contribution in [2.45, 2.75) is 112 Å². The van der Waals surface area contributed by atoms with Crippen molar-refractivity contribution in [1.82, 2.24) is 0 Å². The molecule has 9 unspecified atom stereocenters. The summed E-state index contributed by atoms with van der Waals surface area (Å²) in [5.74, 6) is 4.52. The van der Waals surface area contributed by atoms with Crippen molar-refractivity contribution in [2.24, 2.45) is 52.3 Å². The Morgan fingerprint density at radius 1 is 1.03 bits per heavy atom. The third-order valence-corrected chi connectivity index (χ3v) is 11.2. The van der Waals surface area contributed by atoms with Crippen molar-refractivity contribution >= 4 is 11.8 Å². The van der Waals surface area contributed by atoms with E-state index in [9.17, 15) is 9.59 Å². The number of ether oxygens (including phenoxy) is 1. The molecule has 0 aromatic heterocycles. The normalized spacial score (nSPS) is 43.8. The highest BCUT2D eigenvalue weighted by atomic mass is 16.5. The number of allylic oxidation sites excluding steroid dienone is 2. The van der Waals surface area contributed by atoms with Gasteiger partial charge in [-0.15, -0.1) is 0 Å². The highest BCUT2D eigenvalue weighted by Gasteiger charge is 2.64. The molecule has 33 heavy (non-hydrogen) atoms. The molecule has 3 heteroatoms. The van der Waals surface area contributed by atoms with Gasteiger partial charge >= 0.3 is 5.97 Å². The maximum Gasteiger partial charge on any atom is 0.303 e. The molecule has 0 heterocycles. The van der Waals surface area contributed by atoms with E-state index in [2.05, 4.69) is 47.6 Å². The van der Waals surface area contributed by atoms with Gasteiger partial charge in [0.05, 0.1) is 0 Å². The number of esters is 1. The topological polar surface area (TPSA) is 43.4 Å². The highest BCUT2D eigenvalue weighted by Crippen LogP contribution is 2.68. The summed E-state index contributed by atoms with van der Waals surface area (Å²) < 4.78 is 5.57. The summed E-state index contributed by atoms with van der Waals surface area (Å²) in [5, 5.41) is 0. The summed E-state index contributed by atoms with van der Waals surface area (Å²) in [4.78, 5) is 24.6. The van der Waals surface area contributed by atoms with Gasteiger partial charge in [-0.2, -0.15) is 0 Å². The largest absolute Gasteiger partial charge is 0.454 e. The molecule has 9 atom stereocenters. The molecule has 3 nitrogen and oxygen atoms in total. The van der Waals surface area contributed by atoms with Crippen LogP contribution in [-0.4, -0.2) is 17.9 Å². The quantitative estimate of drug-likeness (QED) is 0.309. The van der Waals surface area contributed by atoms with Crippen LogP contribution in [-0.2, 0) is 14.3 Å². The van der Waals surface area contributed by atoms with Crippen LogP contribution < -0.4 is 0 Å². The van der Waals surface area contributed by atoms with Crippen LogP contribution in [0, 0.1) is 52.3 Å². The molecule has 4 aliphatic rings. The number of carbonyl (C=O) groups excluding carboxylic acids is 2. The minimum absolute atomic E-state index is 0.0171. The molecule has 0 saturated heterocycles. The monoisotopic (exact) mass is 456 g/mol. The Hall–Kier alpha value is -1.12. The number of hydrogen-bond donors (Lipinski definition) is 0. The fourth-order valence-electron chi connectivity index (χ4n) is 9.61. The van der Waals surface area contributed by atoms with E-state index in [1.165, 1.54) is 51.9 Å². The summed E-state index contributed by atoms with van der Waals surface area (Å²) >= 11 is 0. The summed E-state index contributed by atoms with van der Waals surface area (Å²) in [6, 6.07) is 0. The van der Waals surface area contributed by atoms with Crippen LogP contribution in [0.4, 0.5) is 0 Å². The zero-order chi connectivity index (χ0) is 24.1. The molecule has 4 fully saturated rings. The Morgan fingerprint density at radius 3 is 2.33 bits per heavy atom. The third kappa shape index (κ3) is 4.14. The molecule has 0 aromatic carbocycles. The van der Waals surface area contributed by atoms with Crippen LogP contribution in [0.5, 0.6) is 0 Å². The van der Waals surface area contributed by atoms with Crippen molar-refractivity contribution in [2.75, 3.05) is 0 Å². The van der Waals surface area contributed by atoms with Gasteiger partial charge in [-0.25, -0.2) is 0 Å². The zero-order valence-electron chi connectivity index (χ0n) is 22.3. The van der Waals surface area contributed by atoms with Gasteiger partial charge in [0.25, 0.3) is 0 Å². The highest BCUT2D eigenvalue weighted by molar-refractivity contribution is 5.88. The van der Waals surface area contributed by atoms with Gasteiger partial charge < -0.3 is 4.74 Å². The lowest BCUT2D eigenvalue weighted by molar-refractivity contribution is -0.157. The minimum Gasteiger partial charge on any atom is -0.454 e. The molecule has 4 aliphatic carbocycles. The SMILES string of the molecule is C/C=C(/CCC(C)C1CCC2C3CCC4C(OC(C)=O)C(=O)CC4(C)C3CCC12C)C(C)C. The minimum atomic E-state index is -0.486. The Balaban J connectivity index is 1.48. The summed E-state index contributed by atoms with van der Waals surface area (Å²) in [6.07, 6.45) is 12.6. The standard InChI is InChI=1S/C30H48O3/c1-8-21(18(2)3)10-9-19(4)23-13-14-24-22-11-12-26-28(33-20(5)31)27(32)17-30(26,7)25(22)15-16-29(23,24)6/h8,18-19,22-26,28H,9-17H2,1-7H3/b21-8-. The first-order chi connectivity index (χ1) is 15.5. The molecule has 0 aromatic rings. The van der Waals surface area contributed by atoms with Crippen molar-refractivity contribution < 1.29 is 14.3 Å². The molecule has 0 bridgehead atoms. The molecule has 0 aliphatic heterocycles. The third-order valence-electron chi connectivity index (χ3n) is 11.2. The van der Waals surface area contributed by atoms with Crippen molar-refractivity contribution in [3.8, 4) is 0 Å². The first-order valence-corrected chi connectivity index (χ1v) is 13.9. The second kappa shape index (κ2) is 9.15. The van der Waals surface area contributed by atoms with E-state index in [4.69, 9.17) is 4.74 Å². The zero-order valence-corrected chi connectivity index (χ0v) is 22.3. The molecule has 0 radical (unpaired) electrons. The van der Waals surface area contributed by atoms with Crippen LogP contribution >= 0.6 is 0 Å². The van der Waals surface area contributed by atoms with E-state index >= 15 is 0 Å². The van der Waals surface area contributed by atoms with Crippen LogP contribution in [0.3, 0.4) is 0 Å². The van der Waals surface area contributed by atoms with Gasteiger partial charge in [0.15, 0.2) is 11.9 Å². The van der Waals surface area contributed by atoms with Gasteiger partial charge in [-0.1, -0.05) is 46.3 Å².